The SMILES string of the molecule is COc1ccc(-c2cccn3nc(Nc4cnn(C[C@@H](C)O)c4)nc23)cc1. The first-order valence-electron chi connectivity index (χ1n) is 8.60. The minimum atomic E-state index is -0.460. The first-order chi connectivity index (χ1) is 13.1. The maximum Gasteiger partial charge on any atom is 0.247 e. The number of nitrogens with one attached hydrogen (secondary N) is 1. The van der Waals surface area contributed by atoms with Crippen LogP contribution in [0.4, 0.5) is 11.6 Å². The van der Waals surface area contributed by atoms with Crippen LogP contribution < -0.4 is 10.1 Å². The summed E-state index contributed by atoms with van der Waals surface area (Å²) in [7, 11) is 1.65. The third-order valence-corrected chi connectivity index (χ3v) is 4.10. The van der Waals surface area contributed by atoms with Crippen LogP contribution in [0.5, 0.6) is 5.75 Å². The number of anilines is 2. The average Bonchev–Trinajstić information content (AvgIpc) is 3.27. The molecular formula is C19H20N6O2. The summed E-state index contributed by atoms with van der Waals surface area (Å²) in [6.45, 7) is 2.15. The maximum absolute atomic E-state index is 9.45. The molecule has 8 nitrogen and oxygen atoms in total. The molecule has 0 bridgehead atoms. The van der Waals surface area contributed by atoms with Crippen molar-refractivity contribution in [2.45, 2.75) is 19.6 Å². The molecule has 2 N–H and O–H groups in total. The van der Waals surface area contributed by atoms with E-state index in [0.29, 0.717) is 12.5 Å². The highest BCUT2D eigenvalue weighted by atomic mass is 16.5. The Balaban J connectivity index is 1.63. The Bertz CT molecular complexity index is 1050. The molecule has 3 aromatic heterocycles. The Morgan fingerprint density at radius 3 is 2.78 bits per heavy atom. The fraction of sp³-hybridized carbons (Fsp3) is 0.211. The molecule has 0 aliphatic heterocycles. The topological polar surface area (TPSA) is 89.5 Å². The van der Waals surface area contributed by atoms with Crippen molar-refractivity contribution in [2.75, 3.05) is 12.4 Å². The molecule has 4 aromatic rings. The molecule has 27 heavy (non-hydrogen) atoms. The van der Waals surface area contributed by atoms with E-state index in [-0.39, 0.29) is 0 Å². The Morgan fingerprint density at radius 1 is 1.22 bits per heavy atom. The maximum atomic E-state index is 9.45. The van der Waals surface area contributed by atoms with Crippen LogP contribution in [0.3, 0.4) is 0 Å². The van der Waals surface area contributed by atoms with Crippen LogP contribution in [-0.2, 0) is 6.54 Å². The standard InChI is InChI=1S/C19H20N6O2/c1-13(26)11-24-12-15(10-20-24)21-19-22-18-17(4-3-9-25(18)23-19)14-5-7-16(27-2)8-6-14/h3-10,12-13,26H,11H2,1-2H3,(H,21,23)/t13-/m1/s1. The number of hydrogen-bond donors (Lipinski definition) is 2. The Labute approximate surface area is 156 Å². The Kier molecular flexibility index (Phi) is 4.47. The molecule has 0 spiro atoms. The molecule has 8 heteroatoms. The van der Waals surface area contributed by atoms with Gasteiger partial charge >= 0.3 is 0 Å². The predicted molar refractivity (Wildman–Crippen MR) is 102 cm³/mol. The van der Waals surface area contributed by atoms with E-state index in [4.69, 9.17) is 4.74 Å². The molecule has 4 rings (SSSR count). The van der Waals surface area contributed by atoms with Crippen LogP contribution in [0, 0.1) is 0 Å². The number of benzene rings is 1. The van der Waals surface area contributed by atoms with Crippen molar-refractivity contribution < 1.29 is 9.84 Å². The van der Waals surface area contributed by atoms with Gasteiger partial charge in [-0.25, -0.2) is 4.52 Å². The predicted octanol–water partition coefficient (Wildman–Crippen LogP) is 2.73. The molecule has 138 valence electrons. The van der Waals surface area contributed by atoms with Crippen LogP contribution in [0.1, 0.15) is 6.92 Å². The highest BCUT2D eigenvalue weighted by molar-refractivity contribution is 5.78. The largest absolute Gasteiger partial charge is 0.497 e. The molecule has 3 heterocycles. The zero-order chi connectivity index (χ0) is 18.8. The molecule has 0 saturated heterocycles. The van der Waals surface area contributed by atoms with Gasteiger partial charge < -0.3 is 15.2 Å². The van der Waals surface area contributed by atoms with Crippen molar-refractivity contribution in [2.24, 2.45) is 0 Å². The van der Waals surface area contributed by atoms with Crippen LogP contribution in [0.15, 0.2) is 55.0 Å². The molecule has 0 aliphatic rings. The lowest BCUT2D eigenvalue weighted by Gasteiger charge is -2.04. The number of ether oxygens (including phenoxy) is 1. The Hall–Kier alpha value is -3.39. The highest BCUT2D eigenvalue weighted by Crippen LogP contribution is 2.26. The van der Waals surface area contributed by atoms with E-state index < -0.39 is 6.10 Å². The normalized spacial score (nSPS) is 12.3. The van der Waals surface area contributed by atoms with Gasteiger partial charge in [-0.2, -0.15) is 10.1 Å². The van der Waals surface area contributed by atoms with Crippen LogP contribution >= 0.6 is 0 Å². The first kappa shape index (κ1) is 17.0. The summed E-state index contributed by atoms with van der Waals surface area (Å²) >= 11 is 0. The van der Waals surface area contributed by atoms with E-state index >= 15 is 0 Å². The van der Waals surface area contributed by atoms with Gasteiger partial charge in [0.25, 0.3) is 0 Å². The van der Waals surface area contributed by atoms with E-state index in [9.17, 15) is 5.11 Å². The second-order valence-electron chi connectivity index (χ2n) is 6.28. The van der Waals surface area contributed by atoms with E-state index in [2.05, 4.69) is 20.5 Å². The van der Waals surface area contributed by atoms with E-state index in [1.165, 1.54) is 0 Å². The van der Waals surface area contributed by atoms with Gasteiger partial charge in [0.1, 0.15) is 5.75 Å². The van der Waals surface area contributed by atoms with Gasteiger partial charge in [0.2, 0.25) is 5.95 Å². The van der Waals surface area contributed by atoms with Crippen molar-refractivity contribution >= 4 is 17.3 Å². The molecule has 0 aliphatic carbocycles. The van der Waals surface area contributed by atoms with E-state index in [1.54, 1.807) is 29.4 Å². The Morgan fingerprint density at radius 2 is 2.04 bits per heavy atom. The smallest absolute Gasteiger partial charge is 0.247 e. The fourth-order valence-corrected chi connectivity index (χ4v) is 2.88. The van der Waals surface area contributed by atoms with Crippen LogP contribution in [0.25, 0.3) is 16.8 Å². The third kappa shape index (κ3) is 3.61. The minimum absolute atomic E-state index is 0.432. The number of rotatable bonds is 6. The highest BCUT2D eigenvalue weighted by Gasteiger charge is 2.11. The van der Waals surface area contributed by atoms with Gasteiger partial charge in [0.15, 0.2) is 5.65 Å². The lowest BCUT2D eigenvalue weighted by atomic mass is 10.1. The monoisotopic (exact) mass is 364 g/mol. The van der Waals surface area contributed by atoms with Gasteiger partial charge in [-0.05, 0) is 36.8 Å². The van der Waals surface area contributed by atoms with Crippen LogP contribution in [0.2, 0.25) is 0 Å². The minimum Gasteiger partial charge on any atom is -0.497 e. The van der Waals surface area contributed by atoms with E-state index in [0.717, 1.165) is 28.2 Å². The zero-order valence-corrected chi connectivity index (χ0v) is 15.1. The van der Waals surface area contributed by atoms with Crippen molar-refractivity contribution in [3.8, 4) is 16.9 Å². The summed E-state index contributed by atoms with van der Waals surface area (Å²) < 4.78 is 8.63. The summed E-state index contributed by atoms with van der Waals surface area (Å²) in [4.78, 5) is 4.62. The van der Waals surface area contributed by atoms with Gasteiger partial charge in [0, 0.05) is 18.0 Å². The molecule has 0 fully saturated rings. The summed E-state index contributed by atoms with van der Waals surface area (Å²) in [5.74, 6) is 1.29. The van der Waals surface area contributed by atoms with Gasteiger partial charge in [-0.15, -0.1) is 5.10 Å². The number of nitrogens with zero attached hydrogens (tertiary/aromatic N) is 5. The summed E-state index contributed by atoms with van der Waals surface area (Å²) in [5.41, 5.74) is 3.52. The molecule has 0 unspecified atom stereocenters. The summed E-state index contributed by atoms with van der Waals surface area (Å²) in [6.07, 6.45) is 4.89. The van der Waals surface area contributed by atoms with E-state index in [1.807, 2.05) is 48.8 Å². The van der Waals surface area contributed by atoms with Gasteiger partial charge in [-0.1, -0.05) is 12.1 Å². The quantitative estimate of drug-likeness (QED) is 0.547. The molecule has 1 atom stereocenters. The summed E-state index contributed by atoms with van der Waals surface area (Å²) in [6, 6.07) is 11.8. The van der Waals surface area contributed by atoms with Gasteiger partial charge in [0.05, 0.1) is 31.6 Å². The van der Waals surface area contributed by atoms with Crippen LogP contribution in [-0.4, -0.2) is 42.7 Å². The lowest BCUT2D eigenvalue weighted by Crippen LogP contribution is -2.11. The fourth-order valence-electron chi connectivity index (χ4n) is 2.88. The number of hydrogen-bond acceptors (Lipinski definition) is 6. The van der Waals surface area contributed by atoms with Crippen molar-refractivity contribution in [3.05, 3.63) is 55.0 Å². The average molecular weight is 364 g/mol. The van der Waals surface area contributed by atoms with Crippen molar-refractivity contribution in [1.29, 1.82) is 0 Å². The third-order valence-electron chi connectivity index (χ3n) is 4.10. The molecule has 0 saturated carbocycles. The number of fused-ring (bicyclic) bond motifs is 1. The number of pyridine rings is 1. The molecule has 0 amide bonds. The number of aliphatic hydroxyl groups is 1. The van der Waals surface area contributed by atoms with Crippen molar-refractivity contribution in [3.63, 3.8) is 0 Å². The zero-order valence-electron chi connectivity index (χ0n) is 15.1. The molecule has 0 radical (unpaired) electrons. The number of methoxy groups -OCH3 is 1. The van der Waals surface area contributed by atoms with Gasteiger partial charge in [-0.3, -0.25) is 4.68 Å². The summed E-state index contributed by atoms with van der Waals surface area (Å²) in [5, 5.41) is 21.3. The lowest BCUT2D eigenvalue weighted by molar-refractivity contribution is 0.168. The molecular weight excluding hydrogens is 344 g/mol. The number of aliphatic hydroxyl groups excluding tert-OH is 1. The van der Waals surface area contributed by atoms with Crippen molar-refractivity contribution in [1.82, 2.24) is 24.4 Å². The second-order valence-corrected chi connectivity index (χ2v) is 6.28. The molecule has 1 aromatic carbocycles. The first-order valence-corrected chi connectivity index (χ1v) is 8.60. The number of aromatic nitrogens is 5. The second kappa shape index (κ2) is 7.08.